The summed E-state index contributed by atoms with van der Waals surface area (Å²) >= 11 is 0. The van der Waals surface area contributed by atoms with E-state index in [0.29, 0.717) is 12.1 Å². The molecule has 1 unspecified atom stereocenters. The van der Waals surface area contributed by atoms with E-state index < -0.39 is 6.10 Å². The van der Waals surface area contributed by atoms with Crippen LogP contribution in [0.2, 0.25) is 0 Å². The molecule has 5 heteroatoms. The molecule has 2 heterocycles. The smallest absolute Gasteiger partial charge is 0.252 e. The van der Waals surface area contributed by atoms with Gasteiger partial charge in [-0.25, -0.2) is 0 Å². The average Bonchev–Trinajstić information content (AvgIpc) is 2.78. The lowest BCUT2D eigenvalue weighted by Crippen LogP contribution is -2.42. The third kappa shape index (κ3) is 4.70. The van der Waals surface area contributed by atoms with Crippen LogP contribution in [0.15, 0.2) is 73.1 Å². The molecule has 2 aromatic carbocycles. The number of β-amino-alcohol motifs (C(OH)–C–C–N with tert-alkyl or cyclic N) is 1. The Hall–Kier alpha value is -3.02. The molecule has 0 radical (unpaired) electrons. The van der Waals surface area contributed by atoms with Gasteiger partial charge in [0.1, 0.15) is 0 Å². The quantitative estimate of drug-likeness (QED) is 0.683. The van der Waals surface area contributed by atoms with Gasteiger partial charge in [-0.2, -0.15) is 0 Å². The van der Waals surface area contributed by atoms with E-state index in [2.05, 4.69) is 39.5 Å². The molecular weight excluding hydrogens is 362 g/mol. The Kier molecular flexibility index (Phi) is 5.98. The lowest BCUT2D eigenvalue weighted by Gasteiger charge is -2.30. The van der Waals surface area contributed by atoms with Gasteiger partial charge in [0.05, 0.1) is 6.10 Å². The van der Waals surface area contributed by atoms with Gasteiger partial charge < -0.3 is 10.4 Å². The van der Waals surface area contributed by atoms with Crippen molar-refractivity contribution < 1.29 is 9.90 Å². The molecule has 1 aromatic heterocycles. The summed E-state index contributed by atoms with van der Waals surface area (Å²) < 4.78 is 0. The van der Waals surface area contributed by atoms with Crippen molar-refractivity contribution >= 4 is 5.91 Å². The molecule has 1 aliphatic rings. The van der Waals surface area contributed by atoms with Crippen molar-refractivity contribution in [1.82, 2.24) is 15.2 Å². The van der Waals surface area contributed by atoms with Crippen LogP contribution in [0, 0.1) is 0 Å². The number of aliphatic hydroxyl groups is 1. The zero-order valence-electron chi connectivity index (χ0n) is 16.3. The summed E-state index contributed by atoms with van der Waals surface area (Å²) in [6, 6.07) is 19.7. The van der Waals surface area contributed by atoms with Crippen LogP contribution in [0.5, 0.6) is 0 Å². The number of fused-ring (bicyclic) bond motifs is 1. The molecule has 0 bridgehead atoms. The molecular formula is C24H25N3O2. The highest BCUT2D eigenvalue weighted by Crippen LogP contribution is 2.23. The first-order valence-electron chi connectivity index (χ1n) is 9.95. The summed E-state index contributed by atoms with van der Waals surface area (Å²) in [7, 11) is 0. The summed E-state index contributed by atoms with van der Waals surface area (Å²) in [6.07, 6.45) is 3.81. The third-order valence-corrected chi connectivity index (χ3v) is 5.34. The SMILES string of the molecule is O=C(NCC(O)CN1CCc2ccccc2C1)c1ccccc1-c1ccncc1. The van der Waals surface area contributed by atoms with Gasteiger partial charge in [-0.05, 0) is 46.9 Å². The normalized spacial score (nSPS) is 14.8. The Morgan fingerprint density at radius 2 is 1.76 bits per heavy atom. The van der Waals surface area contributed by atoms with Crippen LogP contribution < -0.4 is 5.32 Å². The first kappa shape index (κ1) is 19.3. The average molecular weight is 387 g/mol. The minimum Gasteiger partial charge on any atom is -0.390 e. The number of nitrogens with one attached hydrogen (secondary N) is 1. The molecule has 1 amide bonds. The molecule has 3 aromatic rings. The summed E-state index contributed by atoms with van der Waals surface area (Å²) in [6.45, 7) is 2.53. The molecule has 1 aliphatic heterocycles. The van der Waals surface area contributed by atoms with Crippen molar-refractivity contribution in [3.8, 4) is 11.1 Å². The van der Waals surface area contributed by atoms with Gasteiger partial charge in [0.15, 0.2) is 0 Å². The van der Waals surface area contributed by atoms with Crippen LogP contribution in [-0.2, 0) is 13.0 Å². The van der Waals surface area contributed by atoms with E-state index in [1.165, 1.54) is 11.1 Å². The van der Waals surface area contributed by atoms with Crippen LogP contribution in [0.3, 0.4) is 0 Å². The van der Waals surface area contributed by atoms with Gasteiger partial charge in [0.25, 0.3) is 5.91 Å². The van der Waals surface area contributed by atoms with Gasteiger partial charge in [-0.1, -0.05) is 42.5 Å². The molecule has 29 heavy (non-hydrogen) atoms. The highest BCUT2D eigenvalue weighted by atomic mass is 16.3. The van der Waals surface area contributed by atoms with E-state index in [1.54, 1.807) is 18.5 Å². The summed E-state index contributed by atoms with van der Waals surface area (Å²) in [5, 5.41) is 13.4. The topological polar surface area (TPSA) is 65.5 Å². The van der Waals surface area contributed by atoms with Gasteiger partial charge in [-0.3, -0.25) is 14.7 Å². The number of pyridine rings is 1. The third-order valence-electron chi connectivity index (χ3n) is 5.34. The van der Waals surface area contributed by atoms with E-state index in [-0.39, 0.29) is 12.5 Å². The Bertz CT molecular complexity index is 975. The molecule has 5 nitrogen and oxygen atoms in total. The first-order chi connectivity index (χ1) is 14.2. The first-order valence-corrected chi connectivity index (χ1v) is 9.95. The van der Waals surface area contributed by atoms with Crippen LogP contribution in [0.4, 0.5) is 0 Å². The molecule has 2 N–H and O–H groups in total. The van der Waals surface area contributed by atoms with E-state index in [0.717, 1.165) is 30.6 Å². The number of carbonyl (C=O) groups excluding carboxylic acids is 1. The molecule has 148 valence electrons. The zero-order valence-corrected chi connectivity index (χ0v) is 16.3. The Labute approximate surface area is 171 Å². The number of amides is 1. The summed E-state index contributed by atoms with van der Waals surface area (Å²) in [4.78, 5) is 19.0. The standard InChI is InChI=1S/C24H25N3O2/c28-21(17-27-14-11-18-5-1-2-6-20(18)16-27)15-26-24(29)23-8-4-3-7-22(23)19-9-12-25-13-10-19/h1-10,12-13,21,28H,11,14-17H2,(H,26,29). The van der Waals surface area contributed by atoms with Crippen molar-refractivity contribution in [3.05, 3.63) is 89.7 Å². The molecule has 0 fully saturated rings. The fourth-order valence-corrected chi connectivity index (χ4v) is 3.84. The van der Waals surface area contributed by atoms with E-state index in [9.17, 15) is 9.90 Å². The fraction of sp³-hybridized carbons (Fsp3) is 0.250. The molecule has 0 saturated heterocycles. The minimum absolute atomic E-state index is 0.180. The van der Waals surface area contributed by atoms with Gasteiger partial charge in [0, 0.05) is 44.1 Å². The van der Waals surface area contributed by atoms with Crippen molar-refractivity contribution in [2.24, 2.45) is 0 Å². The number of benzene rings is 2. The number of carbonyl (C=O) groups is 1. The molecule has 0 saturated carbocycles. The lowest BCUT2D eigenvalue weighted by atomic mass is 9.99. The predicted molar refractivity (Wildman–Crippen MR) is 113 cm³/mol. The number of rotatable bonds is 6. The van der Waals surface area contributed by atoms with E-state index in [1.807, 2.05) is 30.3 Å². The number of aromatic nitrogens is 1. The van der Waals surface area contributed by atoms with Crippen molar-refractivity contribution in [2.45, 2.75) is 19.1 Å². The maximum absolute atomic E-state index is 12.7. The maximum Gasteiger partial charge on any atom is 0.252 e. The highest BCUT2D eigenvalue weighted by Gasteiger charge is 2.19. The fourth-order valence-electron chi connectivity index (χ4n) is 3.84. The Morgan fingerprint density at radius 1 is 1.03 bits per heavy atom. The van der Waals surface area contributed by atoms with Gasteiger partial charge >= 0.3 is 0 Å². The number of hydrogen-bond acceptors (Lipinski definition) is 4. The molecule has 0 spiro atoms. The van der Waals surface area contributed by atoms with E-state index in [4.69, 9.17) is 0 Å². The molecule has 4 rings (SSSR count). The van der Waals surface area contributed by atoms with Gasteiger partial charge in [0.2, 0.25) is 0 Å². The van der Waals surface area contributed by atoms with Crippen LogP contribution in [0.1, 0.15) is 21.5 Å². The number of aliphatic hydroxyl groups excluding tert-OH is 1. The molecule has 1 atom stereocenters. The van der Waals surface area contributed by atoms with Gasteiger partial charge in [-0.15, -0.1) is 0 Å². The van der Waals surface area contributed by atoms with E-state index >= 15 is 0 Å². The van der Waals surface area contributed by atoms with Crippen molar-refractivity contribution in [3.63, 3.8) is 0 Å². The number of hydrogen-bond donors (Lipinski definition) is 2. The Morgan fingerprint density at radius 3 is 2.59 bits per heavy atom. The Balaban J connectivity index is 1.35. The maximum atomic E-state index is 12.7. The second-order valence-electron chi connectivity index (χ2n) is 7.40. The van der Waals surface area contributed by atoms with Crippen LogP contribution in [-0.4, -0.2) is 46.6 Å². The van der Waals surface area contributed by atoms with Crippen molar-refractivity contribution in [1.29, 1.82) is 0 Å². The largest absolute Gasteiger partial charge is 0.390 e. The minimum atomic E-state index is -0.614. The highest BCUT2D eigenvalue weighted by molar-refractivity contribution is 6.00. The predicted octanol–water partition coefficient (Wildman–Crippen LogP) is 2.90. The van der Waals surface area contributed by atoms with Crippen molar-refractivity contribution in [2.75, 3.05) is 19.6 Å². The number of nitrogens with zero attached hydrogens (tertiary/aromatic N) is 2. The molecule has 0 aliphatic carbocycles. The second-order valence-corrected chi connectivity index (χ2v) is 7.40. The van der Waals surface area contributed by atoms with Crippen LogP contribution >= 0.6 is 0 Å². The summed E-state index contributed by atoms with van der Waals surface area (Å²) in [5.74, 6) is -0.180. The monoisotopic (exact) mass is 387 g/mol. The van der Waals surface area contributed by atoms with Crippen LogP contribution in [0.25, 0.3) is 11.1 Å². The lowest BCUT2D eigenvalue weighted by molar-refractivity contribution is 0.0842. The zero-order chi connectivity index (χ0) is 20.1. The second kappa shape index (κ2) is 8.99. The summed E-state index contributed by atoms with van der Waals surface area (Å²) in [5.41, 5.74) is 5.10.